The molecule has 0 aliphatic rings. The van der Waals surface area contributed by atoms with Crippen molar-refractivity contribution in [3.8, 4) is 0 Å². The van der Waals surface area contributed by atoms with Gasteiger partial charge in [-0.05, 0) is 35.9 Å². The second-order valence-electron chi connectivity index (χ2n) is 4.90. The van der Waals surface area contributed by atoms with Crippen molar-refractivity contribution >= 4 is 34.9 Å². The first kappa shape index (κ1) is 18.5. The quantitative estimate of drug-likeness (QED) is 0.359. The van der Waals surface area contributed by atoms with Crippen LogP contribution in [0.3, 0.4) is 0 Å². The lowest BCUT2D eigenvalue weighted by atomic mass is 10.0. The summed E-state index contributed by atoms with van der Waals surface area (Å²) in [6, 6.07) is 7.20. The molecule has 0 saturated heterocycles. The Morgan fingerprint density at radius 2 is 1.76 bits per heavy atom. The maximum atomic E-state index is 12.6. The normalized spacial score (nSPS) is 12.1. The zero-order valence-corrected chi connectivity index (χ0v) is 13.0. The lowest BCUT2D eigenvalue weighted by molar-refractivity contribution is -0.385. The first-order chi connectivity index (χ1) is 11.6. The van der Waals surface area contributed by atoms with Gasteiger partial charge in [0.2, 0.25) is 0 Å². The molecule has 0 atom stereocenters. The lowest BCUT2D eigenvalue weighted by Gasteiger charge is -2.07. The Labute approximate surface area is 144 Å². The van der Waals surface area contributed by atoms with Crippen LogP contribution in [0.15, 0.2) is 42.5 Å². The molecule has 0 heterocycles. The highest BCUT2D eigenvalue weighted by Gasteiger charge is 2.30. The molecule has 0 radical (unpaired) electrons. The number of halogens is 4. The Bertz CT molecular complexity index is 861. The van der Waals surface area contributed by atoms with Gasteiger partial charge in [-0.2, -0.15) is 13.2 Å². The first-order valence-electron chi connectivity index (χ1n) is 6.66. The number of carboxylic acid groups (broad SMARTS) is 1. The smallest absolute Gasteiger partial charge is 0.416 e. The van der Waals surface area contributed by atoms with Gasteiger partial charge in [-0.25, -0.2) is 4.79 Å². The van der Waals surface area contributed by atoms with Gasteiger partial charge >= 0.3 is 12.1 Å². The molecule has 0 spiro atoms. The van der Waals surface area contributed by atoms with Gasteiger partial charge in [-0.1, -0.05) is 23.7 Å². The SMILES string of the molecule is O=C(O)/C(=C/c1ccc(C(F)(F)F)cc1)c1ccc(Cl)cc1[N+](=O)[O-]. The molecule has 0 fully saturated rings. The first-order valence-corrected chi connectivity index (χ1v) is 7.04. The van der Waals surface area contributed by atoms with Crippen molar-refractivity contribution < 1.29 is 28.0 Å². The summed E-state index contributed by atoms with van der Waals surface area (Å²) < 4.78 is 37.7. The van der Waals surface area contributed by atoms with Crippen molar-refractivity contribution in [1.29, 1.82) is 0 Å². The summed E-state index contributed by atoms with van der Waals surface area (Å²) in [4.78, 5) is 21.8. The van der Waals surface area contributed by atoms with Crippen LogP contribution in [0.1, 0.15) is 16.7 Å². The van der Waals surface area contributed by atoms with Crippen LogP contribution >= 0.6 is 11.6 Å². The van der Waals surface area contributed by atoms with Gasteiger partial charge in [0.25, 0.3) is 5.69 Å². The lowest BCUT2D eigenvalue weighted by Crippen LogP contribution is -2.05. The van der Waals surface area contributed by atoms with Crippen molar-refractivity contribution in [2.24, 2.45) is 0 Å². The summed E-state index contributed by atoms with van der Waals surface area (Å²) in [6.07, 6.45) is -3.47. The number of nitro groups is 1. The van der Waals surface area contributed by atoms with Crippen molar-refractivity contribution in [2.75, 3.05) is 0 Å². The predicted octanol–water partition coefficient (Wildman–Crippen LogP) is 4.89. The number of carbonyl (C=O) groups is 1. The van der Waals surface area contributed by atoms with E-state index in [0.29, 0.717) is 0 Å². The molecule has 2 aromatic carbocycles. The molecule has 2 rings (SSSR count). The standard InChI is InChI=1S/C16H9ClF3NO4/c17-11-5-6-12(14(8-11)21(24)25)13(15(22)23)7-9-1-3-10(4-2-9)16(18,19)20/h1-8H,(H,22,23)/b13-7+. The second kappa shape index (κ2) is 6.94. The molecule has 0 aliphatic carbocycles. The van der Waals surface area contributed by atoms with Crippen LogP contribution in [0.2, 0.25) is 5.02 Å². The highest BCUT2D eigenvalue weighted by molar-refractivity contribution is 6.31. The number of benzene rings is 2. The van der Waals surface area contributed by atoms with Crippen LogP contribution in [-0.4, -0.2) is 16.0 Å². The monoisotopic (exact) mass is 371 g/mol. The van der Waals surface area contributed by atoms with E-state index in [4.69, 9.17) is 11.6 Å². The topological polar surface area (TPSA) is 80.4 Å². The molecule has 2 aromatic rings. The summed E-state index contributed by atoms with van der Waals surface area (Å²) >= 11 is 5.69. The van der Waals surface area contributed by atoms with Crippen LogP contribution in [0, 0.1) is 10.1 Å². The van der Waals surface area contributed by atoms with Crippen molar-refractivity contribution in [2.45, 2.75) is 6.18 Å². The maximum Gasteiger partial charge on any atom is 0.416 e. The molecule has 0 bridgehead atoms. The number of aliphatic carboxylic acids is 1. The fourth-order valence-electron chi connectivity index (χ4n) is 2.07. The molecule has 0 amide bonds. The van der Waals surface area contributed by atoms with Gasteiger partial charge < -0.3 is 5.11 Å². The molecule has 130 valence electrons. The summed E-state index contributed by atoms with van der Waals surface area (Å²) in [5.74, 6) is -1.47. The number of hydrogen-bond donors (Lipinski definition) is 1. The van der Waals surface area contributed by atoms with E-state index in [-0.39, 0.29) is 16.1 Å². The van der Waals surface area contributed by atoms with Crippen molar-refractivity contribution in [3.63, 3.8) is 0 Å². The summed E-state index contributed by atoms with van der Waals surface area (Å²) in [7, 11) is 0. The van der Waals surface area contributed by atoms with E-state index in [2.05, 4.69) is 0 Å². The van der Waals surface area contributed by atoms with Gasteiger partial charge in [0.1, 0.15) is 0 Å². The van der Waals surface area contributed by atoms with E-state index in [0.717, 1.165) is 36.4 Å². The largest absolute Gasteiger partial charge is 0.478 e. The van der Waals surface area contributed by atoms with Crippen LogP contribution in [0.25, 0.3) is 11.6 Å². The van der Waals surface area contributed by atoms with Gasteiger partial charge in [-0.15, -0.1) is 0 Å². The highest BCUT2D eigenvalue weighted by Crippen LogP contribution is 2.32. The average Bonchev–Trinajstić information content (AvgIpc) is 2.52. The van der Waals surface area contributed by atoms with E-state index < -0.39 is 33.9 Å². The molecule has 1 N–H and O–H groups in total. The molecule has 25 heavy (non-hydrogen) atoms. The van der Waals surface area contributed by atoms with Crippen molar-refractivity contribution in [3.05, 3.63) is 74.3 Å². The number of rotatable bonds is 4. The summed E-state index contributed by atoms with van der Waals surface area (Å²) in [5.41, 5.74) is -1.91. The van der Waals surface area contributed by atoms with E-state index >= 15 is 0 Å². The maximum absolute atomic E-state index is 12.6. The van der Waals surface area contributed by atoms with Crippen LogP contribution in [0.5, 0.6) is 0 Å². The summed E-state index contributed by atoms with van der Waals surface area (Å²) in [5, 5.41) is 20.5. The van der Waals surface area contributed by atoms with Crippen LogP contribution < -0.4 is 0 Å². The Morgan fingerprint density at radius 3 is 2.24 bits per heavy atom. The van der Waals surface area contributed by atoms with Crippen LogP contribution in [0.4, 0.5) is 18.9 Å². The van der Waals surface area contributed by atoms with Gasteiger partial charge in [0.15, 0.2) is 0 Å². The third-order valence-corrected chi connectivity index (χ3v) is 3.46. The fourth-order valence-corrected chi connectivity index (χ4v) is 2.24. The third-order valence-electron chi connectivity index (χ3n) is 3.23. The number of nitrogens with zero attached hydrogens (tertiary/aromatic N) is 1. The molecule has 0 aromatic heterocycles. The van der Waals surface area contributed by atoms with Crippen molar-refractivity contribution in [1.82, 2.24) is 0 Å². The molecule has 9 heteroatoms. The Hall–Kier alpha value is -2.87. The molecule has 0 aliphatic heterocycles. The minimum atomic E-state index is -4.52. The molecular weight excluding hydrogens is 363 g/mol. The Balaban J connectivity index is 2.54. The molecule has 5 nitrogen and oxygen atoms in total. The predicted molar refractivity (Wildman–Crippen MR) is 85.1 cm³/mol. The third kappa shape index (κ3) is 4.36. The number of nitro benzene ring substituents is 1. The van der Waals surface area contributed by atoms with E-state index in [1.54, 1.807) is 0 Å². The minimum absolute atomic E-state index is 0.0507. The Morgan fingerprint density at radius 1 is 1.16 bits per heavy atom. The number of alkyl halides is 3. The molecule has 0 saturated carbocycles. The van der Waals surface area contributed by atoms with Gasteiger partial charge in [0, 0.05) is 11.1 Å². The summed E-state index contributed by atoms with van der Waals surface area (Å²) in [6.45, 7) is 0. The zero-order valence-electron chi connectivity index (χ0n) is 12.2. The average molecular weight is 372 g/mol. The molecular formula is C16H9ClF3NO4. The highest BCUT2D eigenvalue weighted by atomic mass is 35.5. The van der Waals surface area contributed by atoms with E-state index in [9.17, 15) is 33.2 Å². The fraction of sp³-hybridized carbons (Fsp3) is 0.0625. The van der Waals surface area contributed by atoms with Gasteiger partial charge in [0.05, 0.1) is 21.6 Å². The van der Waals surface area contributed by atoms with Gasteiger partial charge in [-0.3, -0.25) is 10.1 Å². The number of hydrogen-bond acceptors (Lipinski definition) is 3. The zero-order chi connectivity index (χ0) is 18.8. The second-order valence-corrected chi connectivity index (χ2v) is 5.34. The number of carboxylic acids is 1. The van der Waals surface area contributed by atoms with E-state index in [1.807, 2.05) is 0 Å². The Kier molecular flexibility index (Phi) is 5.13. The molecule has 0 unspecified atom stereocenters. The van der Waals surface area contributed by atoms with E-state index in [1.165, 1.54) is 12.1 Å². The van der Waals surface area contributed by atoms with Crippen LogP contribution in [-0.2, 0) is 11.0 Å². The minimum Gasteiger partial charge on any atom is -0.478 e.